The molecule has 15 heavy (non-hydrogen) atoms. The fraction of sp³-hybridized carbons (Fsp3) is 0.222. The summed E-state index contributed by atoms with van der Waals surface area (Å²) in [5.74, 6) is -0.474. The first kappa shape index (κ1) is 11.7. The molecule has 0 radical (unpaired) electrons. The Hall–Kier alpha value is -1.40. The summed E-state index contributed by atoms with van der Waals surface area (Å²) in [7, 11) is -3.42. The molecule has 82 valence electrons. The summed E-state index contributed by atoms with van der Waals surface area (Å²) in [4.78, 5) is 13.4. The zero-order chi connectivity index (χ0) is 11.5. The summed E-state index contributed by atoms with van der Waals surface area (Å²) < 4.78 is 21.5. The van der Waals surface area contributed by atoms with E-state index < -0.39 is 15.9 Å². The summed E-state index contributed by atoms with van der Waals surface area (Å²) in [6.45, 7) is 1.77. The molecule has 0 aromatic heterocycles. The van der Waals surface area contributed by atoms with Crippen molar-refractivity contribution in [3.63, 3.8) is 0 Å². The molecule has 0 fully saturated rings. The number of hydrogen-bond acceptors (Lipinski definition) is 3. The van der Waals surface area contributed by atoms with Crippen LogP contribution in [0.1, 0.15) is 15.9 Å². The predicted molar refractivity (Wildman–Crippen MR) is 56.6 cm³/mol. The molecule has 0 saturated heterocycles. The van der Waals surface area contributed by atoms with Crippen LogP contribution in [0.4, 0.5) is 0 Å². The highest BCUT2D eigenvalue weighted by Crippen LogP contribution is 2.05. The van der Waals surface area contributed by atoms with Gasteiger partial charge < -0.3 is 0 Å². The molecule has 0 bridgehead atoms. The molecule has 1 amide bonds. The molecule has 6 heteroatoms. The molecule has 2 N–H and O–H groups in total. The van der Waals surface area contributed by atoms with Crippen LogP contribution in [-0.2, 0) is 10.0 Å². The SMILES string of the molecule is Cc1ccccc1C(=O)NNS(C)(=O)=O. The standard InChI is InChI=1S/C9H12N2O3S/c1-7-5-3-4-6-8(7)9(12)10-11-15(2,13)14/h3-6,11H,1-2H3,(H,10,12). The smallest absolute Gasteiger partial charge is 0.266 e. The molecule has 0 aliphatic carbocycles. The van der Waals surface area contributed by atoms with Crippen LogP contribution < -0.4 is 10.3 Å². The molecule has 5 nitrogen and oxygen atoms in total. The average Bonchev–Trinajstić information content (AvgIpc) is 2.14. The van der Waals surface area contributed by atoms with Crippen LogP contribution >= 0.6 is 0 Å². The molecule has 0 heterocycles. The Bertz CT molecular complexity index is 468. The summed E-state index contributed by atoms with van der Waals surface area (Å²) >= 11 is 0. The molecular formula is C9H12N2O3S. The van der Waals surface area contributed by atoms with E-state index in [9.17, 15) is 13.2 Å². The van der Waals surface area contributed by atoms with E-state index in [4.69, 9.17) is 0 Å². The Morgan fingerprint density at radius 1 is 1.27 bits per heavy atom. The lowest BCUT2D eigenvalue weighted by atomic mass is 10.1. The highest BCUT2D eigenvalue weighted by atomic mass is 32.2. The second kappa shape index (κ2) is 4.41. The Labute approximate surface area is 88.5 Å². The minimum absolute atomic E-state index is 0.439. The molecule has 0 aliphatic rings. The molecule has 0 atom stereocenters. The third-order valence-electron chi connectivity index (χ3n) is 1.74. The van der Waals surface area contributed by atoms with E-state index in [2.05, 4.69) is 5.43 Å². The van der Waals surface area contributed by atoms with Crippen molar-refractivity contribution in [3.05, 3.63) is 35.4 Å². The van der Waals surface area contributed by atoms with Gasteiger partial charge in [-0.15, -0.1) is 4.83 Å². The van der Waals surface area contributed by atoms with E-state index in [0.717, 1.165) is 11.8 Å². The largest absolute Gasteiger partial charge is 0.274 e. The fourth-order valence-corrected chi connectivity index (χ4v) is 1.31. The van der Waals surface area contributed by atoms with Crippen LogP contribution in [0.2, 0.25) is 0 Å². The molecular weight excluding hydrogens is 216 g/mol. The Kier molecular flexibility index (Phi) is 3.43. The van der Waals surface area contributed by atoms with Gasteiger partial charge in [-0.1, -0.05) is 18.2 Å². The number of amides is 1. The molecule has 0 unspecified atom stereocenters. The van der Waals surface area contributed by atoms with Gasteiger partial charge in [-0.25, -0.2) is 8.42 Å². The summed E-state index contributed by atoms with van der Waals surface area (Å²) in [6, 6.07) is 6.91. The zero-order valence-electron chi connectivity index (χ0n) is 8.44. The predicted octanol–water partition coefficient (Wildman–Crippen LogP) is 0.189. The maximum atomic E-state index is 11.5. The number of carbonyl (C=O) groups is 1. The maximum absolute atomic E-state index is 11.5. The van der Waals surface area contributed by atoms with E-state index in [1.54, 1.807) is 31.2 Å². The topological polar surface area (TPSA) is 75.3 Å². The van der Waals surface area contributed by atoms with E-state index in [-0.39, 0.29) is 0 Å². The van der Waals surface area contributed by atoms with E-state index in [0.29, 0.717) is 5.56 Å². The minimum atomic E-state index is -3.42. The lowest BCUT2D eigenvalue weighted by Crippen LogP contribution is -2.41. The van der Waals surface area contributed by atoms with Gasteiger partial charge in [0.2, 0.25) is 10.0 Å². The number of carbonyl (C=O) groups excluding carboxylic acids is 1. The molecule has 0 aliphatic heterocycles. The van der Waals surface area contributed by atoms with Crippen molar-refractivity contribution in [2.45, 2.75) is 6.92 Å². The van der Waals surface area contributed by atoms with Crippen molar-refractivity contribution in [2.75, 3.05) is 6.26 Å². The lowest BCUT2D eigenvalue weighted by Gasteiger charge is -2.06. The van der Waals surface area contributed by atoms with Crippen LogP contribution in [0.15, 0.2) is 24.3 Å². The monoisotopic (exact) mass is 228 g/mol. The minimum Gasteiger partial charge on any atom is -0.274 e. The van der Waals surface area contributed by atoms with Gasteiger partial charge in [-0.05, 0) is 18.6 Å². The third-order valence-corrected chi connectivity index (χ3v) is 2.21. The van der Waals surface area contributed by atoms with Gasteiger partial charge in [0.05, 0.1) is 6.26 Å². The molecule has 1 aromatic carbocycles. The van der Waals surface area contributed by atoms with Gasteiger partial charge in [-0.2, -0.15) is 0 Å². The van der Waals surface area contributed by atoms with Gasteiger partial charge in [0.15, 0.2) is 0 Å². The molecule has 1 rings (SSSR count). The maximum Gasteiger partial charge on any atom is 0.266 e. The summed E-state index contributed by atoms with van der Waals surface area (Å²) in [5.41, 5.74) is 3.32. The second-order valence-electron chi connectivity index (χ2n) is 3.14. The van der Waals surface area contributed by atoms with Crippen molar-refractivity contribution < 1.29 is 13.2 Å². The van der Waals surface area contributed by atoms with Crippen LogP contribution in [0.25, 0.3) is 0 Å². The van der Waals surface area contributed by atoms with Crippen molar-refractivity contribution in [1.29, 1.82) is 0 Å². The van der Waals surface area contributed by atoms with Crippen molar-refractivity contribution in [3.8, 4) is 0 Å². The van der Waals surface area contributed by atoms with Gasteiger partial charge in [0.25, 0.3) is 5.91 Å². The first-order valence-electron chi connectivity index (χ1n) is 4.23. The van der Waals surface area contributed by atoms with Crippen LogP contribution in [0.3, 0.4) is 0 Å². The zero-order valence-corrected chi connectivity index (χ0v) is 9.26. The Morgan fingerprint density at radius 3 is 2.40 bits per heavy atom. The molecule has 0 saturated carbocycles. The second-order valence-corrected chi connectivity index (χ2v) is 4.89. The molecule has 1 aromatic rings. The Morgan fingerprint density at radius 2 is 1.87 bits per heavy atom. The van der Waals surface area contributed by atoms with E-state index >= 15 is 0 Å². The van der Waals surface area contributed by atoms with Crippen LogP contribution in [-0.4, -0.2) is 20.6 Å². The van der Waals surface area contributed by atoms with Crippen LogP contribution in [0.5, 0.6) is 0 Å². The Balaban J connectivity index is 2.75. The van der Waals surface area contributed by atoms with E-state index in [1.165, 1.54) is 0 Å². The average molecular weight is 228 g/mol. The fourth-order valence-electron chi connectivity index (χ4n) is 1.03. The first-order valence-corrected chi connectivity index (χ1v) is 6.12. The number of rotatable bonds is 3. The molecule has 0 spiro atoms. The van der Waals surface area contributed by atoms with Crippen molar-refractivity contribution in [2.24, 2.45) is 0 Å². The number of aryl methyl sites for hydroxylation is 1. The van der Waals surface area contributed by atoms with Gasteiger partial charge in [0.1, 0.15) is 0 Å². The van der Waals surface area contributed by atoms with Gasteiger partial charge >= 0.3 is 0 Å². The number of sulfonamides is 1. The van der Waals surface area contributed by atoms with Crippen LogP contribution in [0, 0.1) is 6.92 Å². The van der Waals surface area contributed by atoms with Gasteiger partial charge in [-0.3, -0.25) is 10.2 Å². The van der Waals surface area contributed by atoms with E-state index in [1.807, 2.05) is 4.83 Å². The number of hydrogen-bond donors (Lipinski definition) is 2. The number of nitrogens with one attached hydrogen (secondary N) is 2. The highest BCUT2D eigenvalue weighted by Gasteiger charge is 2.09. The van der Waals surface area contributed by atoms with Crippen molar-refractivity contribution >= 4 is 15.9 Å². The van der Waals surface area contributed by atoms with Gasteiger partial charge in [0, 0.05) is 5.56 Å². The summed E-state index contributed by atoms with van der Waals surface area (Å²) in [5, 5.41) is 0. The summed E-state index contributed by atoms with van der Waals surface area (Å²) in [6.07, 6.45) is 0.963. The highest BCUT2D eigenvalue weighted by molar-refractivity contribution is 7.88. The quantitative estimate of drug-likeness (QED) is 0.725. The normalized spacial score (nSPS) is 11.1. The number of hydrazine groups is 1. The van der Waals surface area contributed by atoms with Crippen molar-refractivity contribution in [1.82, 2.24) is 10.3 Å². The lowest BCUT2D eigenvalue weighted by molar-refractivity contribution is 0.0944. The first-order chi connectivity index (χ1) is 6.90. The number of benzene rings is 1. The third kappa shape index (κ3) is 3.69.